The number of hydrogen-bond acceptors (Lipinski definition) is 1. The Morgan fingerprint density at radius 1 is 1.44 bits per heavy atom. The summed E-state index contributed by atoms with van der Waals surface area (Å²) in [6.45, 7) is 1.89. The first kappa shape index (κ1) is 9.02. The second kappa shape index (κ2) is 3.94. The Morgan fingerprint density at radius 2 is 2.11 bits per heavy atom. The summed E-state index contributed by atoms with van der Waals surface area (Å²) in [7, 11) is 0. The molecule has 0 heterocycles. The van der Waals surface area contributed by atoms with Crippen molar-refractivity contribution in [3.63, 3.8) is 0 Å². The molecule has 1 rings (SSSR count). The first-order chi connectivity index (χ1) is 3.79. The molecule has 0 unspecified atom stereocenters. The van der Waals surface area contributed by atoms with E-state index in [2.05, 4.69) is 6.07 Å². The molecule has 9 heavy (non-hydrogen) atoms. The molecule has 0 aromatic heterocycles. The molecule has 1 nitrogen and oxygen atoms in total. The van der Waals surface area contributed by atoms with Gasteiger partial charge in [0.1, 0.15) is 0 Å². The van der Waals surface area contributed by atoms with Crippen LogP contribution in [-0.4, -0.2) is 5.11 Å². The molecular formula is C7H7NaO. The number of rotatable bonds is 0. The number of benzene rings is 1. The summed E-state index contributed by atoms with van der Waals surface area (Å²) in [6.07, 6.45) is 0. The van der Waals surface area contributed by atoms with Crippen molar-refractivity contribution in [1.29, 1.82) is 0 Å². The first-order valence-electron chi connectivity index (χ1n) is 2.47. The van der Waals surface area contributed by atoms with Crippen molar-refractivity contribution >= 4 is 0 Å². The van der Waals surface area contributed by atoms with E-state index in [1.54, 1.807) is 12.1 Å². The summed E-state index contributed by atoms with van der Waals surface area (Å²) < 4.78 is 0. The molecule has 1 aromatic rings. The van der Waals surface area contributed by atoms with Crippen LogP contribution in [0, 0.1) is 13.0 Å². The number of aromatic hydroxyl groups is 1. The van der Waals surface area contributed by atoms with Crippen LogP contribution in [0.15, 0.2) is 18.2 Å². The minimum Gasteiger partial charge on any atom is -0.534 e. The molecule has 1 N–H and O–H groups in total. The summed E-state index contributed by atoms with van der Waals surface area (Å²) in [6, 6.07) is 8.01. The predicted octanol–water partition coefficient (Wildman–Crippen LogP) is -1.50. The Labute approximate surface area is 77.0 Å². The second-order valence-corrected chi connectivity index (χ2v) is 1.72. The summed E-state index contributed by atoms with van der Waals surface area (Å²) in [5.41, 5.74) is 0.963. The Balaban J connectivity index is 0.000000640. The van der Waals surface area contributed by atoms with Gasteiger partial charge in [-0.1, -0.05) is 6.92 Å². The topological polar surface area (TPSA) is 20.2 Å². The third kappa shape index (κ3) is 2.89. The van der Waals surface area contributed by atoms with Crippen LogP contribution in [0.5, 0.6) is 5.75 Å². The smallest absolute Gasteiger partial charge is 0.534 e. The zero-order valence-corrected chi connectivity index (χ0v) is 7.68. The molecule has 0 aliphatic rings. The minimum atomic E-state index is 0. The van der Waals surface area contributed by atoms with Crippen molar-refractivity contribution in [1.82, 2.24) is 0 Å². The number of phenolic OH excluding ortho intramolecular Hbond substituents is 1. The van der Waals surface area contributed by atoms with Crippen molar-refractivity contribution in [2.24, 2.45) is 0 Å². The van der Waals surface area contributed by atoms with Crippen LogP contribution >= 0.6 is 0 Å². The van der Waals surface area contributed by atoms with Gasteiger partial charge in [0, 0.05) is 5.75 Å². The van der Waals surface area contributed by atoms with Gasteiger partial charge < -0.3 is 5.11 Å². The quantitative estimate of drug-likeness (QED) is 0.335. The molecule has 0 saturated heterocycles. The zero-order chi connectivity index (χ0) is 5.98. The van der Waals surface area contributed by atoms with Crippen LogP contribution in [0.25, 0.3) is 0 Å². The van der Waals surface area contributed by atoms with Crippen LogP contribution < -0.4 is 29.6 Å². The molecule has 0 aliphatic heterocycles. The van der Waals surface area contributed by atoms with Gasteiger partial charge in [-0.2, -0.15) is 17.7 Å². The van der Waals surface area contributed by atoms with Gasteiger partial charge in [0.2, 0.25) is 0 Å². The average Bonchev–Trinajstić information content (AvgIpc) is 1.64. The van der Waals surface area contributed by atoms with Crippen LogP contribution in [0.3, 0.4) is 0 Å². The Bertz CT molecular complexity index is 169. The third-order valence-corrected chi connectivity index (χ3v) is 0.926. The van der Waals surface area contributed by atoms with E-state index >= 15 is 0 Å². The molecule has 42 valence electrons. The third-order valence-electron chi connectivity index (χ3n) is 0.926. The molecule has 0 aliphatic carbocycles. The van der Waals surface area contributed by atoms with Gasteiger partial charge in [0.05, 0.1) is 0 Å². The van der Waals surface area contributed by atoms with E-state index in [-0.39, 0.29) is 35.3 Å². The van der Waals surface area contributed by atoms with E-state index < -0.39 is 0 Å². The number of phenols is 1. The molecule has 0 saturated carbocycles. The Kier molecular flexibility index (Phi) is 3.95. The molecule has 0 bridgehead atoms. The maximum Gasteiger partial charge on any atom is 1.00 e. The Morgan fingerprint density at radius 3 is 2.44 bits per heavy atom. The van der Waals surface area contributed by atoms with Gasteiger partial charge in [-0.3, -0.25) is 0 Å². The maximum atomic E-state index is 8.76. The normalized spacial score (nSPS) is 8.11. The number of aryl methyl sites for hydroxylation is 1. The minimum absolute atomic E-state index is 0. The maximum absolute atomic E-state index is 8.76. The van der Waals surface area contributed by atoms with Crippen molar-refractivity contribution < 1.29 is 34.7 Å². The van der Waals surface area contributed by atoms with Crippen molar-refractivity contribution in [3.8, 4) is 5.75 Å². The van der Waals surface area contributed by atoms with E-state index in [1.165, 1.54) is 0 Å². The van der Waals surface area contributed by atoms with E-state index in [0.717, 1.165) is 5.56 Å². The van der Waals surface area contributed by atoms with Gasteiger partial charge in [-0.05, 0) is 0 Å². The molecule has 0 spiro atoms. The molecule has 0 atom stereocenters. The molecule has 0 fully saturated rings. The summed E-state index contributed by atoms with van der Waals surface area (Å²) in [5.74, 6) is 0.213. The number of hydrogen-bond donors (Lipinski definition) is 1. The van der Waals surface area contributed by atoms with E-state index in [0.29, 0.717) is 0 Å². The fourth-order valence-electron chi connectivity index (χ4n) is 0.569. The first-order valence-corrected chi connectivity index (χ1v) is 2.47. The predicted molar refractivity (Wildman–Crippen MR) is 31.7 cm³/mol. The molecule has 1 aromatic carbocycles. The molecule has 0 radical (unpaired) electrons. The van der Waals surface area contributed by atoms with Gasteiger partial charge in [0.15, 0.2) is 0 Å². The summed E-state index contributed by atoms with van der Waals surface area (Å²) >= 11 is 0. The summed E-state index contributed by atoms with van der Waals surface area (Å²) in [5, 5.41) is 8.76. The second-order valence-electron chi connectivity index (χ2n) is 1.72. The molecular weight excluding hydrogens is 123 g/mol. The van der Waals surface area contributed by atoms with Crippen LogP contribution in [-0.2, 0) is 0 Å². The molecule has 0 amide bonds. The fourth-order valence-corrected chi connectivity index (χ4v) is 0.569. The van der Waals surface area contributed by atoms with Gasteiger partial charge in [-0.15, -0.1) is 12.1 Å². The van der Waals surface area contributed by atoms with Crippen molar-refractivity contribution in [2.45, 2.75) is 6.92 Å². The molecule has 2 heteroatoms. The van der Waals surface area contributed by atoms with Gasteiger partial charge in [-0.25, -0.2) is 0 Å². The zero-order valence-electron chi connectivity index (χ0n) is 5.68. The standard InChI is InChI=1S/C7H7O.Na/c1-6-3-2-4-7(8)5-6;/h2-4,8H,1H3;/q-1;+1. The van der Waals surface area contributed by atoms with Crippen LogP contribution in [0.2, 0.25) is 0 Å². The monoisotopic (exact) mass is 130 g/mol. The van der Waals surface area contributed by atoms with Crippen LogP contribution in [0.1, 0.15) is 5.56 Å². The van der Waals surface area contributed by atoms with Crippen molar-refractivity contribution in [3.05, 3.63) is 29.8 Å². The van der Waals surface area contributed by atoms with E-state index in [1.807, 2.05) is 13.0 Å². The SMILES string of the molecule is Cc1[c-]c(O)ccc1.[Na+]. The van der Waals surface area contributed by atoms with Crippen molar-refractivity contribution in [2.75, 3.05) is 0 Å². The Hall–Kier alpha value is 0.0200. The fraction of sp³-hybridized carbons (Fsp3) is 0.143. The van der Waals surface area contributed by atoms with E-state index in [4.69, 9.17) is 5.11 Å². The summed E-state index contributed by atoms with van der Waals surface area (Å²) in [4.78, 5) is 0. The average molecular weight is 130 g/mol. The van der Waals surface area contributed by atoms with E-state index in [9.17, 15) is 0 Å². The van der Waals surface area contributed by atoms with Crippen LogP contribution in [0.4, 0.5) is 0 Å². The largest absolute Gasteiger partial charge is 1.00 e. The van der Waals surface area contributed by atoms with Gasteiger partial charge >= 0.3 is 29.6 Å². The van der Waals surface area contributed by atoms with Gasteiger partial charge in [0.25, 0.3) is 0 Å².